The van der Waals surface area contributed by atoms with E-state index in [1.54, 1.807) is 6.92 Å². The van der Waals surface area contributed by atoms with E-state index < -0.39 is 0 Å². The zero-order valence-corrected chi connectivity index (χ0v) is 8.75. The van der Waals surface area contributed by atoms with Crippen LogP contribution >= 0.6 is 0 Å². The normalized spacial score (nSPS) is 41.0. The molecular weight excluding hydrogens is 178 g/mol. The maximum atomic E-state index is 10.9. The van der Waals surface area contributed by atoms with Gasteiger partial charge in [-0.25, -0.2) is 0 Å². The van der Waals surface area contributed by atoms with Crippen LogP contribution in [0, 0.1) is 11.3 Å². The van der Waals surface area contributed by atoms with Crippen LogP contribution in [0.5, 0.6) is 0 Å². The molecule has 0 aromatic rings. The van der Waals surface area contributed by atoms with Crippen LogP contribution in [0.1, 0.15) is 39.0 Å². The number of hydrogen-bond donors (Lipinski definition) is 2. The summed E-state index contributed by atoms with van der Waals surface area (Å²) in [7, 11) is 0. The lowest BCUT2D eigenvalue weighted by atomic mass is 9.82. The molecule has 0 heterocycles. The molecule has 80 valence electrons. The summed E-state index contributed by atoms with van der Waals surface area (Å²) in [5.41, 5.74) is 0.462. The minimum atomic E-state index is 0.0838. The lowest BCUT2D eigenvalue weighted by molar-refractivity contribution is -0.119. The summed E-state index contributed by atoms with van der Waals surface area (Å²) < 4.78 is 0. The van der Waals surface area contributed by atoms with Crippen molar-refractivity contribution in [2.24, 2.45) is 11.3 Å². The number of aliphatic hydroxyl groups excluding tert-OH is 1. The molecule has 2 rings (SSSR count). The highest BCUT2D eigenvalue weighted by Gasteiger charge is 2.54. The molecule has 3 nitrogen and oxygen atoms in total. The van der Waals surface area contributed by atoms with Gasteiger partial charge in [0, 0.05) is 19.6 Å². The first-order valence-electron chi connectivity index (χ1n) is 5.54. The van der Waals surface area contributed by atoms with E-state index in [1.165, 1.54) is 19.3 Å². The summed E-state index contributed by atoms with van der Waals surface area (Å²) in [4.78, 5) is 10.9. The van der Waals surface area contributed by atoms with Gasteiger partial charge in [-0.05, 0) is 43.4 Å². The summed E-state index contributed by atoms with van der Waals surface area (Å²) >= 11 is 0. The van der Waals surface area contributed by atoms with Crippen LogP contribution < -0.4 is 5.32 Å². The molecule has 1 atom stereocenters. The molecule has 0 radical (unpaired) electrons. The first-order chi connectivity index (χ1) is 6.66. The SMILES string of the molecule is CC(=O)NC1CCC2(CC1)CC2CO. The van der Waals surface area contributed by atoms with Gasteiger partial charge in [-0.1, -0.05) is 0 Å². The Morgan fingerprint density at radius 2 is 2.14 bits per heavy atom. The predicted molar refractivity (Wildman–Crippen MR) is 53.7 cm³/mol. The minimum absolute atomic E-state index is 0.0838. The summed E-state index contributed by atoms with van der Waals surface area (Å²) in [5, 5.41) is 12.0. The summed E-state index contributed by atoms with van der Waals surface area (Å²) in [6, 6.07) is 0.387. The number of carbonyl (C=O) groups is 1. The molecule has 2 saturated carbocycles. The van der Waals surface area contributed by atoms with E-state index in [9.17, 15) is 4.79 Å². The lowest BCUT2D eigenvalue weighted by Gasteiger charge is -2.29. The van der Waals surface area contributed by atoms with Crippen LogP contribution in [0.3, 0.4) is 0 Å². The number of rotatable bonds is 2. The Morgan fingerprint density at radius 1 is 1.50 bits per heavy atom. The van der Waals surface area contributed by atoms with Crippen molar-refractivity contribution in [3.8, 4) is 0 Å². The van der Waals surface area contributed by atoms with Gasteiger partial charge in [0.05, 0.1) is 0 Å². The van der Waals surface area contributed by atoms with Crippen molar-refractivity contribution < 1.29 is 9.90 Å². The molecule has 3 heteroatoms. The fraction of sp³-hybridized carbons (Fsp3) is 0.909. The van der Waals surface area contributed by atoms with Gasteiger partial charge in [-0.2, -0.15) is 0 Å². The summed E-state index contributed by atoms with van der Waals surface area (Å²) in [6.07, 6.45) is 5.76. The van der Waals surface area contributed by atoms with Crippen LogP contribution in [-0.4, -0.2) is 23.7 Å². The van der Waals surface area contributed by atoms with Crippen molar-refractivity contribution in [3.05, 3.63) is 0 Å². The number of hydrogen-bond acceptors (Lipinski definition) is 2. The minimum Gasteiger partial charge on any atom is -0.396 e. The molecule has 14 heavy (non-hydrogen) atoms. The van der Waals surface area contributed by atoms with Crippen LogP contribution in [0.2, 0.25) is 0 Å². The molecule has 0 saturated heterocycles. The molecule has 2 N–H and O–H groups in total. The van der Waals surface area contributed by atoms with Gasteiger partial charge in [-0.3, -0.25) is 4.79 Å². The predicted octanol–water partition coefficient (Wildman–Crippen LogP) is 1.06. The average molecular weight is 197 g/mol. The maximum Gasteiger partial charge on any atom is 0.217 e. The standard InChI is InChI=1S/C11H19NO2/c1-8(14)12-10-2-4-11(5-3-10)6-9(11)7-13/h9-10,13H,2-7H2,1H3,(H,12,14). The summed E-state index contributed by atoms with van der Waals surface area (Å²) in [6.45, 7) is 1.93. The second kappa shape index (κ2) is 3.54. The second-order valence-electron chi connectivity index (χ2n) is 4.92. The Morgan fingerprint density at radius 3 is 2.57 bits per heavy atom. The number of amides is 1. The number of carbonyl (C=O) groups excluding carboxylic acids is 1. The second-order valence-corrected chi connectivity index (χ2v) is 4.92. The van der Waals surface area contributed by atoms with Gasteiger partial charge in [0.2, 0.25) is 5.91 Å². The van der Waals surface area contributed by atoms with Crippen molar-refractivity contribution in [2.45, 2.75) is 45.1 Å². The molecule has 0 aromatic heterocycles. The Labute approximate surface area is 84.9 Å². The van der Waals surface area contributed by atoms with Gasteiger partial charge in [0.1, 0.15) is 0 Å². The van der Waals surface area contributed by atoms with E-state index in [1.807, 2.05) is 0 Å². The summed E-state index contributed by atoms with van der Waals surface area (Å²) in [5.74, 6) is 0.640. The third kappa shape index (κ3) is 1.78. The quantitative estimate of drug-likeness (QED) is 0.695. The fourth-order valence-corrected chi connectivity index (χ4v) is 2.93. The molecule has 1 unspecified atom stereocenters. The molecular formula is C11H19NO2. The van der Waals surface area contributed by atoms with Crippen molar-refractivity contribution in [3.63, 3.8) is 0 Å². The molecule has 1 amide bonds. The van der Waals surface area contributed by atoms with Crippen LogP contribution in [0.4, 0.5) is 0 Å². The van der Waals surface area contributed by atoms with Crippen LogP contribution in [-0.2, 0) is 4.79 Å². The zero-order chi connectivity index (χ0) is 10.2. The van der Waals surface area contributed by atoms with Crippen molar-refractivity contribution in [2.75, 3.05) is 6.61 Å². The smallest absolute Gasteiger partial charge is 0.217 e. The van der Waals surface area contributed by atoms with Crippen molar-refractivity contribution >= 4 is 5.91 Å². The van der Waals surface area contributed by atoms with E-state index in [4.69, 9.17) is 5.11 Å². The molecule has 0 aromatic carbocycles. The molecule has 2 aliphatic rings. The molecule has 0 aliphatic heterocycles. The van der Waals surface area contributed by atoms with Gasteiger partial charge in [0.25, 0.3) is 0 Å². The van der Waals surface area contributed by atoms with Gasteiger partial charge < -0.3 is 10.4 Å². The van der Waals surface area contributed by atoms with Crippen LogP contribution in [0.15, 0.2) is 0 Å². The number of aliphatic hydroxyl groups is 1. The first-order valence-corrected chi connectivity index (χ1v) is 5.54. The topological polar surface area (TPSA) is 49.3 Å². The Bertz CT molecular complexity index is 231. The molecule has 2 aliphatic carbocycles. The van der Waals surface area contributed by atoms with Gasteiger partial charge in [0.15, 0.2) is 0 Å². The third-order valence-electron chi connectivity index (χ3n) is 3.97. The third-order valence-corrected chi connectivity index (χ3v) is 3.97. The highest BCUT2D eigenvalue weighted by Crippen LogP contribution is 2.60. The zero-order valence-electron chi connectivity index (χ0n) is 8.75. The average Bonchev–Trinajstić information content (AvgIpc) is 2.83. The lowest BCUT2D eigenvalue weighted by Crippen LogP contribution is -2.37. The maximum absolute atomic E-state index is 10.9. The Hall–Kier alpha value is -0.570. The van der Waals surface area contributed by atoms with E-state index >= 15 is 0 Å². The van der Waals surface area contributed by atoms with Crippen molar-refractivity contribution in [1.29, 1.82) is 0 Å². The van der Waals surface area contributed by atoms with E-state index in [0.29, 0.717) is 24.0 Å². The van der Waals surface area contributed by atoms with Gasteiger partial charge >= 0.3 is 0 Å². The van der Waals surface area contributed by atoms with E-state index in [-0.39, 0.29) is 5.91 Å². The highest BCUT2D eigenvalue weighted by atomic mass is 16.3. The highest BCUT2D eigenvalue weighted by molar-refractivity contribution is 5.73. The Kier molecular flexibility index (Phi) is 2.52. The Balaban J connectivity index is 1.79. The first kappa shape index (κ1) is 9.97. The largest absolute Gasteiger partial charge is 0.396 e. The number of nitrogens with one attached hydrogen (secondary N) is 1. The van der Waals surface area contributed by atoms with Crippen LogP contribution in [0.25, 0.3) is 0 Å². The van der Waals surface area contributed by atoms with E-state index in [0.717, 1.165) is 12.8 Å². The van der Waals surface area contributed by atoms with Gasteiger partial charge in [-0.15, -0.1) is 0 Å². The monoisotopic (exact) mass is 197 g/mol. The molecule has 1 spiro atoms. The fourth-order valence-electron chi connectivity index (χ4n) is 2.93. The molecule has 2 fully saturated rings. The van der Waals surface area contributed by atoms with E-state index in [2.05, 4.69) is 5.32 Å². The molecule has 0 bridgehead atoms. The van der Waals surface area contributed by atoms with Crippen molar-refractivity contribution in [1.82, 2.24) is 5.32 Å².